The molecule has 0 spiro atoms. The topological polar surface area (TPSA) is 107 Å². The van der Waals surface area contributed by atoms with Crippen LogP contribution in [0.2, 0.25) is 0 Å². The van der Waals surface area contributed by atoms with Gasteiger partial charge in [0.2, 0.25) is 0 Å². The van der Waals surface area contributed by atoms with Crippen LogP contribution < -0.4 is 4.74 Å². The Kier molecular flexibility index (Phi) is 3.49. The fourth-order valence-electron chi connectivity index (χ4n) is 1.64. The Labute approximate surface area is 114 Å². The highest BCUT2D eigenvalue weighted by Gasteiger charge is 2.17. The molecule has 0 aliphatic rings. The minimum atomic E-state index is -3.42. The minimum absolute atomic E-state index is 0.0433. The number of sulfone groups is 1. The van der Waals surface area contributed by atoms with Crippen LogP contribution in [0.1, 0.15) is 10.5 Å². The van der Waals surface area contributed by atoms with E-state index in [9.17, 15) is 13.2 Å². The average molecular weight is 297 g/mol. The first-order valence-corrected chi connectivity index (χ1v) is 7.30. The van der Waals surface area contributed by atoms with E-state index in [0.717, 1.165) is 6.26 Å². The minimum Gasteiger partial charge on any atom is -0.495 e. The Morgan fingerprint density at radius 2 is 2.05 bits per heavy atom. The first-order valence-electron chi connectivity index (χ1n) is 5.41. The highest BCUT2D eigenvalue weighted by Crippen LogP contribution is 2.30. The number of ether oxygens (including phenoxy) is 1. The molecule has 1 N–H and O–H groups in total. The predicted octanol–water partition coefficient (Wildman–Crippen LogP) is 1.45. The molecule has 0 unspecified atom stereocenters. The summed E-state index contributed by atoms with van der Waals surface area (Å²) in [5.41, 5.74) is 0.236. The lowest BCUT2D eigenvalue weighted by Gasteiger charge is -2.07. The van der Waals surface area contributed by atoms with E-state index >= 15 is 0 Å². The molecular weight excluding hydrogens is 286 g/mol. The second kappa shape index (κ2) is 4.97. The van der Waals surface area contributed by atoms with E-state index < -0.39 is 15.8 Å². The maximum absolute atomic E-state index is 11.6. The molecule has 0 saturated heterocycles. The van der Waals surface area contributed by atoms with Crippen LogP contribution in [0.3, 0.4) is 0 Å². The number of carboxylic acid groups (broad SMARTS) is 1. The van der Waals surface area contributed by atoms with E-state index in [0.29, 0.717) is 5.56 Å². The van der Waals surface area contributed by atoms with Crippen molar-refractivity contribution in [3.05, 3.63) is 30.0 Å². The second-order valence-electron chi connectivity index (χ2n) is 4.02. The molecule has 0 amide bonds. The van der Waals surface area contributed by atoms with Gasteiger partial charge in [0.05, 0.1) is 7.11 Å². The first kappa shape index (κ1) is 14.1. The Balaban J connectivity index is 2.51. The van der Waals surface area contributed by atoms with E-state index in [2.05, 4.69) is 5.16 Å². The molecule has 1 heterocycles. The van der Waals surface area contributed by atoms with Gasteiger partial charge in [-0.1, -0.05) is 5.16 Å². The predicted molar refractivity (Wildman–Crippen MR) is 68.6 cm³/mol. The van der Waals surface area contributed by atoms with Gasteiger partial charge in [0.25, 0.3) is 0 Å². The normalized spacial score (nSPS) is 11.3. The number of methoxy groups -OCH3 is 1. The van der Waals surface area contributed by atoms with Crippen molar-refractivity contribution in [2.24, 2.45) is 0 Å². The summed E-state index contributed by atoms with van der Waals surface area (Å²) in [5.74, 6) is -0.848. The molecule has 0 saturated carbocycles. The van der Waals surface area contributed by atoms with Gasteiger partial charge in [0, 0.05) is 17.9 Å². The summed E-state index contributed by atoms with van der Waals surface area (Å²) < 4.78 is 33.1. The summed E-state index contributed by atoms with van der Waals surface area (Å²) >= 11 is 0. The van der Waals surface area contributed by atoms with Crippen LogP contribution in [0, 0.1) is 0 Å². The van der Waals surface area contributed by atoms with Crippen LogP contribution in [0.5, 0.6) is 5.75 Å². The van der Waals surface area contributed by atoms with Crippen molar-refractivity contribution in [3.8, 4) is 17.1 Å². The molecule has 0 bridgehead atoms. The monoisotopic (exact) mass is 297 g/mol. The van der Waals surface area contributed by atoms with Crippen LogP contribution in [-0.4, -0.2) is 38.0 Å². The lowest BCUT2D eigenvalue weighted by Crippen LogP contribution is -2.00. The van der Waals surface area contributed by atoms with Gasteiger partial charge in [-0.3, -0.25) is 0 Å². The quantitative estimate of drug-likeness (QED) is 0.910. The number of aromatic nitrogens is 1. The summed E-state index contributed by atoms with van der Waals surface area (Å²) in [4.78, 5) is 10.8. The van der Waals surface area contributed by atoms with Crippen molar-refractivity contribution >= 4 is 15.8 Å². The fourth-order valence-corrected chi connectivity index (χ4v) is 2.46. The number of benzene rings is 1. The van der Waals surface area contributed by atoms with Crippen LogP contribution in [-0.2, 0) is 9.84 Å². The molecule has 7 nitrogen and oxygen atoms in total. The highest BCUT2D eigenvalue weighted by atomic mass is 32.2. The number of carboxylic acids is 1. The molecule has 1 aromatic heterocycles. The van der Waals surface area contributed by atoms with Crippen molar-refractivity contribution in [2.75, 3.05) is 13.4 Å². The first-order chi connectivity index (χ1) is 9.32. The number of rotatable bonds is 4. The maximum atomic E-state index is 11.6. The largest absolute Gasteiger partial charge is 0.495 e. The Hall–Kier alpha value is -2.35. The summed E-state index contributed by atoms with van der Waals surface area (Å²) in [6.45, 7) is 0. The van der Waals surface area contributed by atoms with Gasteiger partial charge in [-0.05, 0) is 18.2 Å². The molecule has 0 aliphatic heterocycles. The Morgan fingerprint density at radius 3 is 2.55 bits per heavy atom. The van der Waals surface area contributed by atoms with E-state index in [1.165, 1.54) is 31.4 Å². The summed E-state index contributed by atoms with van der Waals surface area (Å²) in [6, 6.07) is 5.55. The van der Waals surface area contributed by atoms with Crippen molar-refractivity contribution in [1.82, 2.24) is 5.16 Å². The smallest absolute Gasteiger partial charge is 0.358 e. The third kappa shape index (κ3) is 2.64. The number of hydrogen-bond acceptors (Lipinski definition) is 6. The lowest BCUT2D eigenvalue weighted by atomic mass is 10.1. The lowest BCUT2D eigenvalue weighted by molar-refractivity contribution is 0.0686. The van der Waals surface area contributed by atoms with Gasteiger partial charge in [0.15, 0.2) is 21.3 Å². The third-order valence-electron chi connectivity index (χ3n) is 2.58. The third-order valence-corrected chi connectivity index (χ3v) is 3.71. The van der Waals surface area contributed by atoms with Crippen LogP contribution in [0.15, 0.2) is 33.7 Å². The second-order valence-corrected chi connectivity index (χ2v) is 6.00. The van der Waals surface area contributed by atoms with E-state index in [1.807, 2.05) is 0 Å². The summed E-state index contributed by atoms with van der Waals surface area (Å²) in [6.07, 6.45) is 1.07. The van der Waals surface area contributed by atoms with Crippen molar-refractivity contribution in [2.45, 2.75) is 4.90 Å². The zero-order chi connectivity index (χ0) is 14.9. The van der Waals surface area contributed by atoms with Crippen LogP contribution in [0.25, 0.3) is 11.3 Å². The molecule has 1 aromatic carbocycles. The molecule has 8 heteroatoms. The molecule has 0 fully saturated rings. The van der Waals surface area contributed by atoms with Gasteiger partial charge >= 0.3 is 5.97 Å². The summed E-state index contributed by atoms with van der Waals surface area (Å²) in [7, 11) is -2.07. The number of nitrogens with zero attached hydrogens (tertiary/aromatic N) is 1. The van der Waals surface area contributed by atoms with Crippen molar-refractivity contribution in [1.29, 1.82) is 0 Å². The van der Waals surface area contributed by atoms with Crippen LogP contribution >= 0.6 is 0 Å². The SMILES string of the molecule is COc1cc(-c2cc(C(=O)O)no2)ccc1S(C)(=O)=O. The maximum Gasteiger partial charge on any atom is 0.358 e. The molecule has 0 aliphatic carbocycles. The van der Waals surface area contributed by atoms with E-state index in [-0.39, 0.29) is 22.1 Å². The van der Waals surface area contributed by atoms with E-state index in [4.69, 9.17) is 14.4 Å². The molecule has 2 rings (SSSR count). The zero-order valence-corrected chi connectivity index (χ0v) is 11.5. The Bertz CT molecular complexity index is 762. The Morgan fingerprint density at radius 1 is 1.35 bits per heavy atom. The number of hydrogen-bond donors (Lipinski definition) is 1. The van der Waals surface area contributed by atoms with Crippen LogP contribution in [0.4, 0.5) is 0 Å². The highest BCUT2D eigenvalue weighted by molar-refractivity contribution is 7.90. The van der Waals surface area contributed by atoms with Gasteiger partial charge < -0.3 is 14.4 Å². The molecule has 106 valence electrons. The molecular formula is C12H11NO6S. The molecule has 0 atom stereocenters. The van der Waals surface area contributed by atoms with Gasteiger partial charge in [0.1, 0.15) is 10.6 Å². The van der Waals surface area contributed by atoms with Gasteiger partial charge in [-0.25, -0.2) is 13.2 Å². The molecule has 20 heavy (non-hydrogen) atoms. The molecule has 2 aromatic rings. The van der Waals surface area contributed by atoms with E-state index in [1.54, 1.807) is 0 Å². The number of aromatic carboxylic acids is 1. The van der Waals surface area contributed by atoms with Crippen molar-refractivity contribution in [3.63, 3.8) is 0 Å². The van der Waals surface area contributed by atoms with Crippen molar-refractivity contribution < 1.29 is 27.6 Å². The summed E-state index contributed by atoms with van der Waals surface area (Å²) in [5, 5.41) is 12.2. The van der Waals surface area contributed by atoms with Gasteiger partial charge in [-0.15, -0.1) is 0 Å². The zero-order valence-electron chi connectivity index (χ0n) is 10.7. The molecule has 0 radical (unpaired) electrons. The van der Waals surface area contributed by atoms with Gasteiger partial charge in [-0.2, -0.15) is 0 Å². The standard InChI is InChI=1S/C12H11NO6S/c1-18-10-5-7(3-4-11(10)20(2,16)17)9-6-8(12(14)15)13-19-9/h3-6H,1-2H3,(H,14,15). The average Bonchev–Trinajstić information content (AvgIpc) is 2.86. The fraction of sp³-hybridized carbons (Fsp3) is 0.167. The number of carbonyl (C=O) groups is 1.